The van der Waals surface area contributed by atoms with E-state index in [-0.39, 0.29) is 18.2 Å². The number of ether oxygens (including phenoxy) is 1. The van der Waals surface area contributed by atoms with Crippen molar-refractivity contribution in [3.05, 3.63) is 29.8 Å². The maximum atomic E-state index is 12.0. The van der Waals surface area contributed by atoms with Crippen LogP contribution in [-0.2, 0) is 15.8 Å². The van der Waals surface area contributed by atoms with E-state index in [2.05, 4.69) is 4.72 Å². The van der Waals surface area contributed by atoms with Gasteiger partial charge in [0, 0.05) is 6.04 Å². The molecule has 1 atom stereocenters. The normalized spacial score (nSPS) is 12.7. The van der Waals surface area contributed by atoms with Crippen LogP contribution in [0.25, 0.3) is 0 Å². The van der Waals surface area contributed by atoms with Gasteiger partial charge in [0.25, 0.3) is 0 Å². The second-order valence-corrected chi connectivity index (χ2v) is 5.95. The summed E-state index contributed by atoms with van der Waals surface area (Å²) in [5.74, 6) is 0.503. The third kappa shape index (κ3) is 5.28. The van der Waals surface area contributed by atoms with E-state index in [4.69, 9.17) is 10.00 Å². The topological polar surface area (TPSA) is 79.2 Å². The monoisotopic (exact) mass is 282 g/mol. The van der Waals surface area contributed by atoms with E-state index >= 15 is 0 Å². The van der Waals surface area contributed by atoms with Gasteiger partial charge in [-0.1, -0.05) is 19.1 Å². The number of hydrogen-bond donors (Lipinski definition) is 1. The zero-order valence-corrected chi connectivity index (χ0v) is 11.9. The molecule has 0 aromatic heterocycles. The van der Waals surface area contributed by atoms with Gasteiger partial charge in [0.05, 0.1) is 25.4 Å². The third-order valence-corrected chi connectivity index (χ3v) is 4.07. The number of nitrogens with one attached hydrogen (secondary N) is 1. The SMILES string of the molecule is CC[C@H](CC#N)NS(=O)(=O)Cc1cccc(OC)c1. The second kappa shape index (κ2) is 7.12. The molecule has 0 heterocycles. The summed E-state index contributed by atoms with van der Waals surface area (Å²) in [6.07, 6.45) is 0.763. The average Bonchev–Trinajstić information content (AvgIpc) is 2.37. The summed E-state index contributed by atoms with van der Waals surface area (Å²) < 4.78 is 31.6. The molecule has 6 heteroatoms. The Morgan fingerprint density at radius 1 is 1.47 bits per heavy atom. The molecule has 5 nitrogen and oxygen atoms in total. The van der Waals surface area contributed by atoms with Crippen LogP contribution >= 0.6 is 0 Å². The van der Waals surface area contributed by atoms with Gasteiger partial charge in [-0.25, -0.2) is 13.1 Å². The first-order valence-electron chi connectivity index (χ1n) is 6.00. The molecule has 0 unspecified atom stereocenters. The van der Waals surface area contributed by atoms with Crippen molar-refractivity contribution >= 4 is 10.0 Å². The average molecular weight is 282 g/mol. The molecule has 0 aliphatic carbocycles. The zero-order valence-electron chi connectivity index (χ0n) is 11.1. The number of benzene rings is 1. The van der Waals surface area contributed by atoms with Crippen molar-refractivity contribution < 1.29 is 13.2 Å². The van der Waals surface area contributed by atoms with Crippen molar-refractivity contribution in [2.75, 3.05) is 7.11 Å². The number of nitrogens with zero attached hydrogens (tertiary/aromatic N) is 1. The quantitative estimate of drug-likeness (QED) is 0.827. The summed E-state index contributed by atoms with van der Waals surface area (Å²) in [6.45, 7) is 1.84. The van der Waals surface area contributed by atoms with Crippen LogP contribution in [0.15, 0.2) is 24.3 Å². The first kappa shape index (κ1) is 15.5. The molecule has 0 aliphatic rings. The van der Waals surface area contributed by atoms with Gasteiger partial charge in [0.1, 0.15) is 5.75 Å². The Kier molecular flexibility index (Phi) is 5.80. The summed E-state index contributed by atoms with van der Waals surface area (Å²) in [4.78, 5) is 0. The molecule has 19 heavy (non-hydrogen) atoms. The molecule has 1 aromatic carbocycles. The molecule has 0 fully saturated rings. The lowest BCUT2D eigenvalue weighted by molar-refractivity contribution is 0.414. The Morgan fingerprint density at radius 3 is 2.79 bits per heavy atom. The second-order valence-electron chi connectivity index (χ2n) is 4.20. The molecule has 1 rings (SSSR count). The minimum atomic E-state index is -3.45. The maximum absolute atomic E-state index is 12.0. The van der Waals surface area contributed by atoms with Crippen LogP contribution in [0.1, 0.15) is 25.3 Å². The molecule has 1 aromatic rings. The van der Waals surface area contributed by atoms with Gasteiger partial charge in [-0.15, -0.1) is 0 Å². The molecule has 0 amide bonds. The third-order valence-electron chi connectivity index (χ3n) is 2.67. The molecule has 0 aliphatic heterocycles. The van der Waals surface area contributed by atoms with Crippen molar-refractivity contribution in [3.63, 3.8) is 0 Å². The highest BCUT2D eigenvalue weighted by Crippen LogP contribution is 2.15. The van der Waals surface area contributed by atoms with Crippen LogP contribution in [0, 0.1) is 11.3 Å². The minimum absolute atomic E-state index is 0.119. The number of hydrogen-bond acceptors (Lipinski definition) is 4. The summed E-state index contributed by atoms with van der Waals surface area (Å²) in [5.41, 5.74) is 0.652. The lowest BCUT2D eigenvalue weighted by Gasteiger charge is -2.14. The fourth-order valence-electron chi connectivity index (χ4n) is 1.66. The fourth-order valence-corrected chi connectivity index (χ4v) is 3.12. The smallest absolute Gasteiger partial charge is 0.216 e. The predicted molar refractivity (Wildman–Crippen MR) is 73.1 cm³/mol. The van der Waals surface area contributed by atoms with Gasteiger partial charge in [-0.3, -0.25) is 0 Å². The molecule has 0 radical (unpaired) electrons. The summed E-state index contributed by atoms with van der Waals surface area (Å²) in [5, 5.41) is 8.62. The standard InChI is InChI=1S/C13H18N2O3S/c1-3-12(7-8-14)15-19(16,17)10-11-5-4-6-13(9-11)18-2/h4-6,9,12,15H,3,7,10H2,1-2H3/t12-/m1/s1. The van der Waals surface area contributed by atoms with Gasteiger partial charge >= 0.3 is 0 Å². The summed E-state index contributed by atoms with van der Waals surface area (Å²) in [6, 6.07) is 8.56. The zero-order chi connectivity index (χ0) is 14.3. The largest absolute Gasteiger partial charge is 0.497 e. The molecular formula is C13H18N2O3S. The minimum Gasteiger partial charge on any atom is -0.497 e. The van der Waals surface area contributed by atoms with E-state index in [1.165, 1.54) is 7.11 Å². The van der Waals surface area contributed by atoms with Gasteiger partial charge in [0.2, 0.25) is 10.0 Å². The van der Waals surface area contributed by atoms with E-state index < -0.39 is 10.0 Å². The molecule has 1 N–H and O–H groups in total. The number of methoxy groups -OCH3 is 1. The van der Waals surface area contributed by atoms with Crippen LogP contribution in [0.2, 0.25) is 0 Å². The van der Waals surface area contributed by atoms with Crippen molar-refractivity contribution in [2.45, 2.75) is 31.6 Å². The highest BCUT2D eigenvalue weighted by atomic mass is 32.2. The predicted octanol–water partition coefficient (Wildman–Crippen LogP) is 1.81. The van der Waals surface area contributed by atoms with Crippen LogP contribution < -0.4 is 9.46 Å². The number of rotatable bonds is 7. The van der Waals surface area contributed by atoms with E-state index in [9.17, 15) is 8.42 Å². The Hall–Kier alpha value is -1.58. The van der Waals surface area contributed by atoms with Crippen LogP contribution in [0.3, 0.4) is 0 Å². The Balaban J connectivity index is 2.76. The molecule has 0 bridgehead atoms. The van der Waals surface area contributed by atoms with Gasteiger partial charge in [0.15, 0.2) is 0 Å². The first-order chi connectivity index (χ1) is 9.00. The summed E-state index contributed by atoms with van der Waals surface area (Å²) in [7, 11) is -1.92. The lowest BCUT2D eigenvalue weighted by atomic mass is 10.2. The van der Waals surface area contributed by atoms with Crippen molar-refractivity contribution in [1.82, 2.24) is 4.72 Å². The summed E-state index contributed by atoms with van der Waals surface area (Å²) >= 11 is 0. The number of sulfonamides is 1. The van der Waals surface area contributed by atoms with Crippen molar-refractivity contribution in [3.8, 4) is 11.8 Å². The lowest BCUT2D eigenvalue weighted by Crippen LogP contribution is -2.34. The number of nitriles is 1. The van der Waals surface area contributed by atoms with Gasteiger partial charge in [-0.05, 0) is 24.1 Å². The van der Waals surface area contributed by atoms with Crippen LogP contribution in [0.4, 0.5) is 0 Å². The molecule has 104 valence electrons. The highest BCUT2D eigenvalue weighted by Gasteiger charge is 2.17. The highest BCUT2D eigenvalue weighted by molar-refractivity contribution is 7.88. The fraction of sp³-hybridized carbons (Fsp3) is 0.462. The van der Waals surface area contributed by atoms with E-state index in [0.717, 1.165) is 0 Å². The molecule has 0 saturated heterocycles. The molecule has 0 saturated carbocycles. The van der Waals surface area contributed by atoms with E-state index in [0.29, 0.717) is 17.7 Å². The Bertz CT molecular complexity index is 549. The molecule has 0 spiro atoms. The van der Waals surface area contributed by atoms with E-state index in [1.54, 1.807) is 24.3 Å². The molecular weight excluding hydrogens is 264 g/mol. The van der Waals surface area contributed by atoms with Crippen LogP contribution in [-0.4, -0.2) is 21.6 Å². The maximum Gasteiger partial charge on any atom is 0.216 e. The first-order valence-corrected chi connectivity index (χ1v) is 7.66. The van der Waals surface area contributed by atoms with Crippen LogP contribution in [0.5, 0.6) is 5.75 Å². The van der Waals surface area contributed by atoms with Crippen molar-refractivity contribution in [1.29, 1.82) is 5.26 Å². The van der Waals surface area contributed by atoms with E-state index in [1.807, 2.05) is 13.0 Å². The Labute approximate surface area is 114 Å². The van der Waals surface area contributed by atoms with Crippen molar-refractivity contribution in [2.24, 2.45) is 0 Å². The van der Waals surface area contributed by atoms with Gasteiger partial charge < -0.3 is 4.74 Å². The van der Waals surface area contributed by atoms with Gasteiger partial charge in [-0.2, -0.15) is 5.26 Å². The Morgan fingerprint density at radius 2 is 2.21 bits per heavy atom.